The fourth-order valence-electron chi connectivity index (χ4n) is 1.12. The van der Waals surface area contributed by atoms with Crippen LogP contribution in [0.2, 0.25) is 0 Å². The van der Waals surface area contributed by atoms with E-state index in [1.54, 1.807) is 11.8 Å². The molecule has 3 nitrogen and oxygen atoms in total. The molecule has 1 fully saturated rings. The van der Waals surface area contributed by atoms with Crippen LogP contribution in [0.15, 0.2) is 0 Å². The van der Waals surface area contributed by atoms with Gasteiger partial charge in [0.05, 0.1) is 0 Å². The van der Waals surface area contributed by atoms with Crippen molar-refractivity contribution in [2.75, 3.05) is 11.5 Å². The molecule has 1 rings (SSSR count). The van der Waals surface area contributed by atoms with Gasteiger partial charge in [0.1, 0.15) is 11.1 Å². The predicted octanol–water partition coefficient (Wildman–Crippen LogP) is 1.16. The van der Waals surface area contributed by atoms with Crippen molar-refractivity contribution < 1.29 is 9.53 Å². The van der Waals surface area contributed by atoms with Gasteiger partial charge in [0.2, 0.25) is 0 Å². The standard InChI is InChI=1S/C9H17NO2S/c1-8(2,3)12-7(11)9(10)4-5-13-6-9/h4-6,10H2,1-3H3. The van der Waals surface area contributed by atoms with Crippen LogP contribution >= 0.6 is 11.8 Å². The molecular weight excluding hydrogens is 186 g/mol. The number of esters is 1. The Hall–Kier alpha value is -0.220. The third kappa shape index (κ3) is 2.88. The van der Waals surface area contributed by atoms with Gasteiger partial charge in [-0.3, -0.25) is 4.79 Å². The van der Waals surface area contributed by atoms with Gasteiger partial charge in [-0.25, -0.2) is 0 Å². The first-order valence-electron chi connectivity index (χ1n) is 4.44. The normalized spacial score (nSPS) is 28.9. The summed E-state index contributed by atoms with van der Waals surface area (Å²) in [6.45, 7) is 5.57. The van der Waals surface area contributed by atoms with E-state index in [4.69, 9.17) is 10.5 Å². The van der Waals surface area contributed by atoms with Gasteiger partial charge in [-0.1, -0.05) is 0 Å². The zero-order valence-electron chi connectivity index (χ0n) is 8.42. The van der Waals surface area contributed by atoms with Crippen molar-refractivity contribution in [3.8, 4) is 0 Å². The third-order valence-corrected chi connectivity index (χ3v) is 3.07. The minimum Gasteiger partial charge on any atom is -0.459 e. The van der Waals surface area contributed by atoms with Gasteiger partial charge in [-0.05, 0) is 32.9 Å². The molecule has 13 heavy (non-hydrogen) atoms. The maximum Gasteiger partial charge on any atom is 0.327 e. The summed E-state index contributed by atoms with van der Waals surface area (Å²) in [6, 6.07) is 0. The fourth-order valence-corrected chi connectivity index (χ4v) is 2.40. The van der Waals surface area contributed by atoms with Crippen LogP contribution in [0, 0.1) is 0 Å². The molecule has 76 valence electrons. The summed E-state index contributed by atoms with van der Waals surface area (Å²) >= 11 is 1.71. The van der Waals surface area contributed by atoms with E-state index in [9.17, 15) is 4.79 Å². The van der Waals surface area contributed by atoms with Crippen LogP contribution in [0.3, 0.4) is 0 Å². The second-order valence-electron chi connectivity index (χ2n) is 4.46. The highest BCUT2D eigenvalue weighted by molar-refractivity contribution is 7.99. The Balaban J connectivity index is 2.57. The summed E-state index contributed by atoms with van der Waals surface area (Å²) in [7, 11) is 0. The van der Waals surface area contributed by atoms with E-state index >= 15 is 0 Å². The topological polar surface area (TPSA) is 52.3 Å². The zero-order valence-corrected chi connectivity index (χ0v) is 9.24. The lowest BCUT2D eigenvalue weighted by molar-refractivity contribution is -0.160. The Bertz CT molecular complexity index is 204. The van der Waals surface area contributed by atoms with Crippen LogP contribution in [0.1, 0.15) is 27.2 Å². The molecule has 1 aliphatic heterocycles. The van der Waals surface area contributed by atoms with Crippen molar-refractivity contribution >= 4 is 17.7 Å². The first kappa shape index (κ1) is 10.9. The van der Waals surface area contributed by atoms with Gasteiger partial charge in [0, 0.05) is 5.75 Å². The summed E-state index contributed by atoms with van der Waals surface area (Å²) in [5.74, 6) is 1.38. The van der Waals surface area contributed by atoms with Gasteiger partial charge in [-0.2, -0.15) is 11.8 Å². The summed E-state index contributed by atoms with van der Waals surface area (Å²) < 4.78 is 5.25. The molecule has 0 bridgehead atoms. The molecular formula is C9H17NO2S. The van der Waals surface area contributed by atoms with Gasteiger partial charge in [0.15, 0.2) is 0 Å². The quantitative estimate of drug-likeness (QED) is 0.650. The minimum atomic E-state index is -0.738. The molecule has 4 heteroatoms. The van der Waals surface area contributed by atoms with Gasteiger partial charge >= 0.3 is 5.97 Å². The Morgan fingerprint density at radius 3 is 2.54 bits per heavy atom. The molecule has 1 unspecified atom stereocenters. The molecule has 0 amide bonds. The molecule has 1 saturated heterocycles. The molecule has 0 aromatic heterocycles. The summed E-state index contributed by atoms with van der Waals surface area (Å²) in [5, 5.41) is 0. The van der Waals surface area contributed by atoms with Crippen LogP contribution in [0.25, 0.3) is 0 Å². The second kappa shape index (κ2) is 3.50. The average molecular weight is 203 g/mol. The van der Waals surface area contributed by atoms with Crippen molar-refractivity contribution in [3.63, 3.8) is 0 Å². The lowest BCUT2D eigenvalue weighted by Gasteiger charge is -2.27. The number of hydrogen-bond acceptors (Lipinski definition) is 4. The molecule has 0 radical (unpaired) electrons. The van der Waals surface area contributed by atoms with Crippen LogP contribution in [0.4, 0.5) is 0 Å². The maximum absolute atomic E-state index is 11.6. The van der Waals surface area contributed by atoms with Gasteiger partial charge in [-0.15, -0.1) is 0 Å². The van der Waals surface area contributed by atoms with Crippen molar-refractivity contribution in [1.29, 1.82) is 0 Å². The summed E-state index contributed by atoms with van der Waals surface area (Å²) in [6.07, 6.45) is 0.729. The Labute approximate surface area is 83.4 Å². The Morgan fingerprint density at radius 1 is 1.54 bits per heavy atom. The molecule has 1 aliphatic rings. The lowest BCUT2D eigenvalue weighted by Crippen LogP contribution is -2.51. The van der Waals surface area contributed by atoms with E-state index < -0.39 is 11.1 Å². The lowest BCUT2D eigenvalue weighted by atomic mass is 10.0. The first-order chi connectivity index (χ1) is 5.83. The number of thioether (sulfide) groups is 1. The molecule has 0 aliphatic carbocycles. The van der Waals surface area contributed by atoms with Crippen LogP contribution in [-0.2, 0) is 9.53 Å². The number of ether oxygens (including phenoxy) is 1. The minimum absolute atomic E-state index is 0.259. The van der Waals surface area contributed by atoms with Crippen LogP contribution in [-0.4, -0.2) is 28.6 Å². The van der Waals surface area contributed by atoms with Crippen LogP contribution in [0.5, 0.6) is 0 Å². The smallest absolute Gasteiger partial charge is 0.327 e. The van der Waals surface area contributed by atoms with Gasteiger partial charge in [0.25, 0.3) is 0 Å². The average Bonchev–Trinajstić information content (AvgIpc) is 2.33. The van der Waals surface area contributed by atoms with E-state index in [0.29, 0.717) is 5.75 Å². The number of hydrogen-bond donors (Lipinski definition) is 1. The molecule has 1 atom stereocenters. The Kier molecular flexibility index (Phi) is 2.92. The highest BCUT2D eigenvalue weighted by atomic mass is 32.2. The van der Waals surface area contributed by atoms with Crippen LogP contribution < -0.4 is 5.73 Å². The number of carbonyl (C=O) groups is 1. The van der Waals surface area contributed by atoms with E-state index in [1.807, 2.05) is 20.8 Å². The van der Waals surface area contributed by atoms with Crippen molar-refractivity contribution in [2.24, 2.45) is 5.73 Å². The summed E-state index contributed by atoms with van der Waals surface area (Å²) in [4.78, 5) is 11.6. The van der Waals surface area contributed by atoms with Crippen molar-refractivity contribution in [1.82, 2.24) is 0 Å². The third-order valence-electron chi connectivity index (χ3n) is 1.86. The fraction of sp³-hybridized carbons (Fsp3) is 0.889. The SMILES string of the molecule is CC(C)(C)OC(=O)C1(N)CCSC1. The number of carbonyl (C=O) groups excluding carboxylic acids is 1. The predicted molar refractivity (Wildman–Crippen MR) is 54.7 cm³/mol. The highest BCUT2D eigenvalue weighted by Gasteiger charge is 2.40. The molecule has 2 N–H and O–H groups in total. The van der Waals surface area contributed by atoms with E-state index in [1.165, 1.54) is 0 Å². The van der Waals surface area contributed by atoms with Crippen molar-refractivity contribution in [3.05, 3.63) is 0 Å². The number of rotatable bonds is 1. The summed E-state index contributed by atoms with van der Waals surface area (Å²) in [5.41, 5.74) is 4.74. The molecule has 0 spiro atoms. The van der Waals surface area contributed by atoms with Crippen molar-refractivity contribution in [2.45, 2.75) is 38.3 Å². The largest absolute Gasteiger partial charge is 0.459 e. The van der Waals surface area contributed by atoms with E-state index in [2.05, 4.69) is 0 Å². The number of nitrogens with two attached hydrogens (primary N) is 1. The van der Waals surface area contributed by atoms with E-state index in [0.717, 1.165) is 12.2 Å². The highest BCUT2D eigenvalue weighted by Crippen LogP contribution is 2.28. The van der Waals surface area contributed by atoms with E-state index in [-0.39, 0.29) is 5.97 Å². The first-order valence-corrected chi connectivity index (χ1v) is 5.59. The second-order valence-corrected chi connectivity index (χ2v) is 5.57. The molecule has 1 heterocycles. The Morgan fingerprint density at radius 2 is 2.15 bits per heavy atom. The zero-order chi connectivity index (χ0) is 10.1. The molecule has 0 saturated carbocycles. The molecule has 0 aromatic carbocycles. The maximum atomic E-state index is 11.6. The monoisotopic (exact) mass is 203 g/mol. The molecule has 0 aromatic rings. The van der Waals surface area contributed by atoms with Gasteiger partial charge < -0.3 is 10.5 Å².